The van der Waals surface area contributed by atoms with Gasteiger partial charge in [-0.15, -0.1) is 0 Å². The first-order valence-corrected chi connectivity index (χ1v) is 8.25. The maximum Gasteiger partial charge on any atom is 0.161 e. The number of ether oxygens (including phenoxy) is 1. The predicted octanol–water partition coefficient (Wildman–Crippen LogP) is 3.72. The van der Waals surface area contributed by atoms with Crippen LogP contribution in [0.2, 0.25) is 0 Å². The molecular weight excluding hydrogens is 282 g/mol. The Balaban J connectivity index is 1.93. The minimum Gasteiger partial charge on any atom is -0.491 e. The Kier molecular flexibility index (Phi) is 4.01. The van der Waals surface area contributed by atoms with Crippen LogP contribution in [0.3, 0.4) is 0 Å². The van der Waals surface area contributed by atoms with Gasteiger partial charge in [0.25, 0.3) is 0 Å². The van der Waals surface area contributed by atoms with Crippen molar-refractivity contribution in [1.82, 2.24) is 9.97 Å². The molecule has 1 aliphatic rings. The molecule has 2 heterocycles. The molecule has 0 bridgehead atoms. The zero-order valence-corrected chi connectivity index (χ0v) is 13.3. The van der Waals surface area contributed by atoms with E-state index in [4.69, 9.17) is 9.72 Å². The Labute approximate surface area is 129 Å². The van der Waals surface area contributed by atoms with Crippen LogP contribution < -0.4 is 10.1 Å². The van der Waals surface area contributed by atoms with Crippen LogP contribution in [0.15, 0.2) is 24.3 Å². The summed E-state index contributed by atoms with van der Waals surface area (Å²) in [4.78, 5) is 9.36. The zero-order valence-electron chi connectivity index (χ0n) is 12.5. The number of rotatable bonds is 4. The van der Waals surface area contributed by atoms with E-state index in [9.17, 15) is 0 Å². The molecule has 0 atom stereocenters. The summed E-state index contributed by atoms with van der Waals surface area (Å²) in [7, 11) is 1.91. The number of benzene rings is 1. The van der Waals surface area contributed by atoms with E-state index >= 15 is 0 Å². The number of nitrogens with zero attached hydrogens (tertiary/aromatic N) is 2. The van der Waals surface area contributed by atoms with Gasteiger partial charge < -0.3 is 10.1 Å². The summed E-state index contributed by atoms with van der Waals surface area (Å²) in [5.74, 6) is 4.56. The minimum absolute atomic E-state index is 0.181. The second-order valence-electron chi connectivity index (χ2n) is 5.25. The Morgan fingerprint density at radius 3 is 2.57 bits per heavy atom. The van der Waals surface area contributed by atoms with Gasteiger partial charge >= 0.3 is 0 Å². The van der Waals surface area contributed by atoms with Gasteiger partial charge in [-0.2, -0.15) is 11.8 Å². The van der Waals surface area contributed by atoms with E-state index in [1.807, 2.05) is 56.9 Å². The number of aromatic nitrogens is 2. The number of nitrogens with one attached hydrogen (secondary N) is 1. The molecule has 0 spiro atoms. The van der Waals surface area contributed by atoms with E-state index in [1.54, 1.807) is 0 Å². The lowest BCUT2D eigenvalue weighted by molar-refractivity contribution is 0.242. The molecule has 2 aromatic rings. The highest BCUT2D eigenvalue weighted by atomic mass is 32.2. The first kappa shape index (κ1) is 14.2. The summed E-state index contributed by atoms with van der Waals surface area (Å²) in [5.41, 5.74) is 3.41. The van der Waals surface area contributed by atoms with Crippen molar-refractivity contribution in [2.75, 3.05) is 12.4 Å². The summed E-state index contributed by atoms with van der Waals surface area (Å²) in [5, 5.41) is 3.19. The number of hydrogen-bond donors (Lipinski definition) is 1. The molecule has 0 radical (unpaired) electrons. The van der Waals surface area contributed by atoms with Crippen molar-refractivity contribution in [3.05, 3.63) is 35.5 Å². The van der Waals surface area contributed by atoms with Crippen molar-refractivity contribution < 1.29 is 4.74 Å². The zero-order chi connectivity index (χ0) is 14.8. The summed E-state index contributed by atoms with van der Waals surface area (Å²) in [6, 6.07) is 7.97. The summed E-state index contributed by atoms with van der Waals surface area (Å²) in [6.45, 7) is 4.04. The average molecular weight is 301 g/mol. The van der Waals surface area contributed by atoms with E-state index in [0.29, 0.717) is 0 Å². The maximum atomic E-state index is 5.67. The maximum absolute atomic E-state index is 5.67. The summed E-state index contributed by atoms with van der Waals surface area (Å²) >= 11 is 1.88. The van der Waals surface area contributed by atoms with Crippen molar-refractivity contribution in [1.29, 1.82) is 0 Å². The van der Waals surface area contributed by atoms with Crippen molar-refractivity contribution in [3.8, 4) is 17.1 Å². The largest absolute Gasteiger partial charge is 0.491 e. The Bertz CT molecular complexity index is 641. The van der Waals surface area contributed by atoms with Gasteiger partial charge in [0.05, 0.1) is 11.8 Å². The second kappa shape index (κ2) is 5.93. The molecule has 5 heteroatoms. The van der Waals surface area contributed by atoms with Crippen LogP contribution in [0.1, 0.15) is 25.1 Å². The van der Waals surface area contributed by atoms with Crippen molar-refractivity contribution >= 4 is 17.6 Å². The van der Waals surface area contributed by atoms with Gasteiger partial charge in [-0.25, -0.2) is 9.97 Å². The molecule has 1 aromatic heterocycles. The summed E-state index contributed by atoms with van der Waals surface area (Å²) < 4.78 is 5.67. The molecule has 0 aliphatic carbocycles. The average Bonchev–Trinajstić information content (AvgIpc) is 2.94. The van der Waals surface area contributed by atoms with E-state index in [1.165, 1.54) is 5.56 Å². The van der Waals surface area contributed by atoms with Gasteiger partial charge in [-0.1, -0.05) is 0 Å². The molecule has 0 amide bonds. The highest BCUT2D eigenvalue weighted by molar-refractivity contribution is 7.98. The van der Waals surface area contributed by atoms with E-state index in [2.05, 4.69) is 10.3 Å². The first-order chi connectivity index (χ1) is 10.2. The molecule has 0 fully saturated rings. The van der Waals surface area contributed by atoms with E-state index < -0.39 is 0 Å². The third-order valence-corrected chi connectivity index (χ3v) is 4.27. The fourth-order valence-corrected chi connectivity index (χ4v) is 3.38. The van der Waals surface area contributed by atoms with Crippen molar-refractivity contribution in [2.45, 2.75) is 31.5 Å². The highest BCUT2D eigenvalue weighted by Gasteiger charge is 2.19. The quantitative estimate of drug-likeness (QED) is 0.932. The predicted molar refractivity (Wildman–Crippen MR) is 87.8 cm³/mol. The number of fused-ring (bicyclic) bond motifs is 1. The Hall–Kier alpha value is -1.75. The normalized spacial score (nSPS) is 13.3. The smallest absolute Gasteiger partial charge is 0.161 e. The minimum atomic E-state index is 0.181. The van der Waals surface area contributed by atoms with Crippen LogP contribution >= 0.6 is 11.8 Å². The van der Waals surface area contributed by atoms with Gasteiger partial charge in [0, 0.05) is 29.7 Å². The third-order valence-electron chi connectivity index (χ3n) is 3.30. The van der Waals surface area contributed by atoms with Gasteiger partial charge in [-0.05, 0) is 38.1 Å². The molecule has 0 saturated carbocycles. The SMILES string of the molecule is CNc1nc(-c2ccc(OC(C)C)cc2)nc2c1CSC2. The molecule has 1 aromatic carbocycles. The van der Waals surface area contributed by atoms with Crippen LogP contribution in [0.25, 0.3) is 11.4 Å². The highest BCUT2D eigenvalue weighted by Crippen LogP contribution is 2.34. The lowest BCUT2D eigenvalue weighted by Gasteiger charge is -2.11. The number of anilines is 1. The van der Waals surface area contributed by atoms with E-state index in [0.717, 1.165) is 40.2 Å². The van der Waals surface area contributed by atoms with Crippen LogP contribution in [0.4, 0.5) is 5.82 Å². The third kappa shape index (κ3) is 2.97. The number of hydrogen-bond acceptors (Lipinski definition) is 5. The van der Waals surface area contributed by atoms with Crippen LogP contribution in [0, 0.1) is 0 Å². The fourth-order valence-electron chi connectivity index (χ4n) is 2.34. The second-order valence-corrected chi connectivity index (χ2v) is 6.24. The van der Waals surface area contributed by atoms with Crippen LogP contribution in [-0.4, -0.2) is 23.1 Å². The molecular formula is C16H19N3OS. The van der Waals surface area contributed by atoms with Gasteiger partial charge in [-0.3, -0.25) is 0 Å². The van der Waals surface area contributed by atoms with Crippen molar-refractivity contribution in [2.24, 2.45) is 0 Å². The Morgan fingerprint density at radius 1 is 1.14 bits per heavy atom. The van der Waals surface area contributed by atoms with Crippen LogP contribution in [-0.2, 0) is 11.5 Å². The lowest BCUT2D eigenvalue weighted by atomic mass is 10.1. The first-order valence-electron chi connectivity index (χ1n) is 7.09. The van der Waals surface area contributed by atoms with E-state index in [-0.39, 0.29) is 6.10 Å². The molecule has 0 saturated heterocycles. The topological polar surface area (TPSA) is 47.0 Å². The fraction of sp³-hybridized carbons (Fsp3) is 0.375. The number of thioether (sulfide) groups is 1. The molecule has 0 unspecified atom stereocenters. The standard InChI is InChI=1S/C16H19N3OS/c1-10(2)20-12-6-4-11(5-7-12)15-18-14-9-21-8-13(14)16(17-3)19-15/h4-7,10H,8-9H2,1-3H3,(H,17,18,19). The molecule has 1 N–H and O–H groups in total. The Morgan fingerprint density at radius 2 is 1.90 bits per heavy atom. The van der Waals surface area contributed by atoms with Crippen LogP contribution in [0.5, 0.6) is 5.75 Å². The van der Waals surface area contributed by atoms with Crippen molar-refractivity contribution in [3.63, 3.8) is 0 Å². The summed E-state index contributed by atoms with van der Waals surface area (Å²) in [6.07, 6.45) is 0.181. The lowest BCUT2D eigenvalue weighted by Crippen LogP contribution is -2.05. The van der Waals surface area contributed by atoms with Gasteiger partial charge in [0.1, 0.15) is 11.6 Å². The van der Waals surface area contributed by atoms with Gasteiger partial charge in [0.2, 0.25) is 0 Å². The molecule has 4 nitrogen and oxygen atoms in total. The molecule has 110 valence electrons. The molecule has 1 aliphatic heterocycles. The van der Waals surface area contributed by atoms with Gasteiger partial charge in [0.15, 0.2) is 5.82 Å². The monoisotopic (exact) mass is 301 g/mol. The molecule has 3 rings (SSSR count). The molecule has 21 heavy (non-hydrogen) atoms.